The van der Waals surface area contributed by atoms with Crippen LogP contribution in [0, 0.1) is 0 Å². The number of rotatable bonds is 4. The Hall–Kier alpha value is -1.76. The highest BCUT2D eigenvalue weighted by Crippen LogP contribution is 2.30. The van der Waals surface area contributed by atoms with Crippen molar-refractivity contribution in [2.45, 2.75) is 12.6 Å². The number of halogens is 2. The van der Waals surface area contributed by atoms with Gasteiger partial charge >= 0.3 is 0 Å². The molecule has 1 aliphatic rings. The summed E-state index contributed by atoms with van der Waals surface area (Å²) < 4.78 is 7.11. The van der Waals surface area contributed by atoms with E-state index in [1.807, 2.05) is 35.2 Å². The second-order valence-electron chi connectivity index (χ2n) is 5.25. The maximum Gasteiger partial charge on any atom is 0.244 e. The summed E-state index contributed by atoms with van der Waals surface area (Å²) in [4.78, 5) is 14.6. The van der Waals surface area contributed by atoms with Crippen molar-refractivity contribution in [1.82, 2.24) is 20.0 Å². The summed E-state index contributed by atoms with van der Waals surface area (Å²) in [5, 5.41) is 7.47. The smallest absolute Gasteiger partial charge is 0.244 e. The Balaban J connectivity index is 0.00000144. The van der Waals surface area contributed by atoms with Gasteiger partial charge in [0.25, 0.3) is 0 Å². The van der Waals surface area contributed by atoms with Crippen molar-refractivity contribution < 1.29 is 9.53 Å². The normalized spacial score (nSPS) is 16.7. The molecule has 1 unspecified atom stereocenters. The lowest BCUT2D eigenvalue weighted by atomic mass is 10.0. The van der Waals surface area contributed by atoms with Gasteiger partial charge < -0.3 is 15.0 Å². The zero-order chi connectivity index (χ0) is 15.4. The van der Waals surface area contributed by atoms with Crippen LogP contribution in [0.1, 0.15) is 11.6 Å². The SMILES string of the molecule is COc1ccccc1C1CNCCN1C(=O)Cn1cccn1.Cl.Cl. The minimum Gasteiger partial charge on any atom is -0.496 e. The van der Waals surface area contributed by atoms with E-state index in [4.69, 9.17) is 4.74 Å². The van der Waals surface area contributed by atoms with E-state index in [0.717, 1.165) is 24.4 Å². The van der Waals surface area contributed by atoms with Crippen LogP contribution in [0.25, 0.3) is 0 Å². The summed E-state index contributed by atoms with van der Waals surface area (Å²) >= 11 is 0. The fourth-order valence-corrected chi connectivity index (χ4v) is 2.85. The van der Waals surface area contributed by atoms with Crippen LogP contribution < -0.4 is 10.1 Å². The highest BCUT2D eigenvalue weighted by molar-refractivity contribution is 5.85. The molecule has 0 radical (unpaired) electrons. The third kappa shape index (κ3) is 4.41. The number of amides is 1. The van der Waals surface area contributed by atoms with Crippen LogP contribution in [-0.4, -0.2) is 47.3 Å². The Bertz CT molecular complexity index is 637. The van der Waals surface area contributed by atoms with Gasteiger partial charge in [-0.1, -0.05) is 18.2 Å². The quantitative estimate of drug-likeness (QED) is 0.890. The Kier molecular flexibility index (Phi) is 8.04. The van der Waals surface area contributed by atoms with Crippen molar-refractivity contribution in [3.8, 4) is 5.75 Å². The van der Waals surface area contributed by atoms with Crippen LogP contribution in [0.4, 0.5) is 0 Å². The van der Waals surface area contributed by atoms with E-state index < -0.39 is 0 Å². The predicted molar refractivity (Wildman–Crippen MR) is 97.0 cm³/mol. The van der Waals surface area contributed by atoms with Gasteiger partial charge in [0.15, 0.2) is 0 Å². The molecule has 0 saturated carbocycles. The van der Waals surface area contributed by atoms with E-state index in [0.29, 0.717) is 6.54 Å². The fourth-order valence-electron chi connectivity index (χ4n) is 2.85. The Morgan fingerprint density at radius 2 is 2.12 bits per heavy atom. The van der Waals surface area contributed by atoms with E-state index in [1.165, 1.54) is 0 Å². The first-order chi connectivity index (χ1) is 10.8. The molecule has 132 valence electrons. The molecule has 1 saturated heterocycles. The van der Waals surface area contributed by atoms with Gasteiger partial charge in [-0.15, -0.1) is 24.8 Å². The van der Waals surface area contributed by atoms with Gasteiger partial charge in [-0.25, -0.2) is 0 Å². The van der Waals surface area contributed by atoms with Crippen LogP contribution in [0.2, 0.25) is 0 Å². The number of methoxy groups -OCH3 is 1. The molecule has 6 nitrogen and oxygen atoms in total. The van der Waals surface area contributed by atoms with Gasteiger partial charge in [-0.3, -0.25) is 9.48 Å². The molecule has 1 aromatic carbocycles. The third-order valence-electron chi connectivity index (χ3n) is 3.92. The van der Waals surface area contributed by atoms with Crippen molar-refractivity contribution in [3.63, 3.8) is 0 Å². The topological polar surface area (TPSA) is 59.4 Å². The van der Waals surface area contributed by atoms with Crippen molar-refractivity contribution >= 4 is 30.7 Å². The average molecular weight is 373 g/mol. The molecule has 2 heterocycles. The highest BCUT2D eigenvalue weighted by atomic mass is 35.5. The first-order valence-electron chi connectivity index (χ1n) is 7.40. The number of carbonyl (C=O) groups excluding carboxylic acids is 1. The predicted octanol–water partition coefficient (Wildman–Crippen LogP) is 1.91. The number of ether oxygens (including phenoxy) is 1. The number of hydrogen-bond acceptors (Lipinski definition) is 4. The van der Waals surface area contributed by atoms with E-state index in [1.54, 1.807) is 24.2 Å². The first kappa shape index (κ1) is 20.3. The Labute approximate surface area is 154 Å². The number of nitrogens with one attached hydrogen (secondary N) is 1. The first-order valence-corrected chi connectivity index (χ1v) is 7.40. The molecule has 1 aliphatic heterocycles. The minimum atomic E-state index is -0.0204. The molecule has 3 rings (SSSR count). The molecule has 0 aliphatic carbocycles. The number of carbonyl (C=O) groups is 1. The minimum absolute atomic E-state index is 0. The largest absolute Gasteiger partial charge is 0.496 e. The standard InChI is InChI=1S/C16H20N4O2.2ClH/c1-22-15-6-3-2-5-13(15)14-11-17-8-10-20(14)16(21)12-19-9-4-7-18-19;;/h2-7,9,14,17H,8,10-12H2,1H3;2*1H. The van der Waals surface area contributed by atoms with Crippen LogP contribution in [-0.2, 0) is 11.3 Å². The van der Waals surface area contributed by atoms with Gasteiger partial charge in [-0.05, 0) is 12.1 Å². The molecule has 8 heteroatoms. The number of hydrogen-bond donors (Lipinski definition) is 1. The molecular formula is C16H22Cl2N4O2. The summed E-state index contributed by atoms with van der Waals surface area (Å²) in [6, 6.07) is 9.66. The Morgan fingerprint density at radius 1 is 1.33 bits per heavy atom. The van der Waals surface area contributed by atoms with Gasteiger partial charge in [0.2, 0.25) is 5.91 Å². The number of piperazine rings is 1. The van der Waals surface area contributed by atoms with Gasteiger partial charge in [0.05, 0.1) is 13.2 Å². The molecule has 1 fully saturated rings. The van der Waals surface area contributed by atoms with Crippen LogP contribution in [0.5, 0.6) is 5.75 Å². The summed E-state index contributed by atoms with van der Waals surface area (Å²) in [6.45, 7) is 2.48. The average Bonchev–Trinajstić information content (AvgIpc) is 3.07. The van der Waals surface area contributed by atoms with E-state index >= 15 is 0 Å². The summed E-state index contributed by atoms with van der Waals surface area (Å²) in [7, 11) is 1.66. The zero-order valence-electron chi connectivity index (χ0n) is 13.4. The number of para-hydroxylation sites is 1. The van der Waals surface area contributed by atoms with Crippen molar-refractivity contribution in [2.75, 3.05) is 26.7 Å². The summed E-state index contributed by atoms with van der Waals surface area (Å²) in [5.74, 6) is 0.884. The summed E-state index contributed by atoms with van der Waals surface area (Å²) in [6.07, 6.45) is 3.49. The molecule has 1 amide bonds. The molecule has 0 bridgehead atoms. The maximum atomic E-state index is 12.6. The molecule has 1 atom stereocenters. The summed E-state index contributed by atoms with van der Waals surface area (Å²) in [5.41, 5.74) is 1.03. The molecule has 1 N–H and O–H groups in total. The van der Waals surface area contributed by atoms with E-state index in [9.17, 15) is 4.79 Å². The lowest BCUT2D eigenvalue weighted by Crippen LogP contribution is -2.49. The molecular weight excluding hydrogens is 351 g/mol. The monoisotopic (exact) mass is 372 g/mol. The van der Waals surface area contributed by atoms with Gasteiger partial charge in [0, 0.05) is 37.6 Å². The lowest BCUT2D eigenvalue weighted by Gasteiger charge is -2.37. The third-order valence-corrected chi connectivity index (χ3v) is 3.92. The van der Waals surface area contributed by atoms with Crippen LogP contribution in [0.3, 0.4) is 0 Å². The highest BCUT2D eigenvalue weighted by Gasteiger charge is 2.29. The number of aromatic nitrogens is 2. The molecule has 0 spiro atoms. The van der Waals surface area contributed by atoms with Crippen molar-refractivity contribution in [3.05, 3.63) is 48.3 Å². The fraction of sp³-hybridized carbons (Fsp3) is 0.375. The molecule has 24 heavy (non-hydrogen) atoms. The van der Waals surface area contributed by atoms with E-state index in [2.05, 4.69) is 10.4 Å². The van der Waals surface area contributed by atoms with Gasteiger partial charge in [0.1, 0.15) is 12.3 Å². The van der Waals surface area contributed by atoms with E-state index in [-0.39, 0.29) is 43.3 Å². The maximum absolute atomic E-state index is 12.6. The van der Waals surface area contributed by atoms with Crippen LogP contribution >= 0.6 is 24.8 Å². The molecule has 2 aromatic rings. The number of benzene rings is 1. The second kappa shape index (κ2) is 9.52. The van der Waals surface area contributed by atoms with Crippen LogP contribution in [0.15, 0.2) is 42.7 Å². The molecule has 1 aromatic heterocycles. The van der Waals surface area contributed by atoms with Crippen molar-refractivity contribution in [1.29, 1.82) is 0 Å². The van der Waals surface area contributed by atoms with Crippen molar-refractivity contribution in [2.24, 2.45) is 0 Å². The number of nitrogens with zero attached hydrogens (tertiary/aromatic N) is 3. The zero-order valence-corrected chi connectivity index (χ0v) is 15.1. The van der Waals surface area contributed by atoms with Gasteiger partial charge in [-0.2, -0.15) is 5.10 Å². The second-order valence-corrected chi connectivity index (χ2v) is 5.25. The Morgan fingerprint density at radius 3 is 2.83 bits per heavy atom. The lowest BCUT2D eigenvalue weighted by molar-refractivity contribution is -0.135.